The van der Waals surface area contributed by atoms with Crippen LogP contribution in [0.15, 0.2) is 53.0 Å². The van der Waals surface area contributed by atoms with E-state index in [1.54, 1.807) is 0 Å². The van der Waals surface area contributed by atoms with E-state index in [2.05, 4.69) is 26.6 Å². The van der Waals surface area contributed by atoms with Gasteiger partial charge in [-0.1, -0.05) is 46.3 Å². The van der Waals surface area contributed by atoms with Crippen molar-refractivity contribution in [2.45, 2.75) is 13.0 Å². The molecule has 2 amide bonds. The third-order valence-corrected chi connectivity index (χ3v) is 3.55. The molecule has 0 aromatic heterocycles. The van der Waals surface area contributed by atoms with E-state index >= 15 is 0 Å². The molecule has 120 valence electrons. The third-order valence-electron chi connectivity index (χ3n) is 3.09. The van der Waals surface area contributed by atoms with E-state index < -0.39 is 11.7 Å². The summed E-state index contributed by atoms with van der Waals surface area (Å²) in [4.78, 5) is 23.6. The van der Waals surface area contributed by atoms with E-state index in [1.807, 2.05) is 30.3 Å². The van der Waals surface area contributed by atoms with E-state index in [4.69, 9.17) is 0 Å². The molecule has 0 saturated carbocycles. The second-order valence-electron chi connectivity index (χ2n) is 4.93. The van der Waals surface area contributed by atoms with Crippen LogP contribution in [0.2, 0.25) is 0 Å². The standard InChI is InChI=1S/C17H16BrFN2O2/c18-14-8-13(9-15(19)10-14)17(23)20-7-6-16(22)21-11-12-4-2-1-3-5-12/h1-5,8-10H,6-7,11H2,(H,20,23)(H,21,22). The monoisotopic (exact) mass is 378 g/mol. The number of carbonyl (C=O) groups is 2. The molecule has 0 radical (unpaired) electrons. The first-order valence-corrected chi connectivity index (χ1v) is 7.89. The van der Waals surface area contributed by atoms with Gasteiger partial charge in [-0.2, -0.15) is 0 Å². The summed E-state index contributed by atoms with van der Waals surface area (Å²) in [5.41, 5.74) is 1.22. The Hall–Kier alpha value is -2.21. The third kappa shape index (κ3) is 5.83. The van der Waals surface area contributed by atoms with Crippen molar-refractivity contribution >= 4 is 27.7 Å². The molecule has 4 nitrogen and oxygen atoms in total. The Morgan fingerprint density at radius 2 is 1.78 bits per heavy atom. The van der Waals surface area contributed by atoms with Gasteiger partial charge >= 0.3 is 0 Å². The van der Waals surface area contributed by atoms with Gasteiger partial charge in [-0.15, -0.1) is 0 Å². The van der Waals surface area contributed by atoms with Gasteiger partial charge < -0.3 is 10.6 Å². The Morgan fingerprint density at radius 1 is 1.04 bits per heavy atom. The number of benzene rings is 2. The van der Waals surface area contributed by atoms with Crippen molar-refractivity contribution in [3.05, 3.63) is 69.9 Å². The molecule has 0 heterocycles. The summed E-state index contributed by atoms with van der Waals surface area (Å²) >= 11 is 3.13. The topological polar surface area (TPSA) is 58.2 Å². The normalized spacial score (nSPS) is 10.2. The lowest BCUT2D eigenvalue weighted by molar-refractivity contribution is -0.121. The summed E-state index contributed by atoms with van der Waals surface area (Å²) in [6.45, 7) is 0.637. The van der Waals surface area contributed by atoms with Crippen molar-refractivity contribution < 1.29 is 14.0 Å². The van der Waals surface area contributed by atoms with E-state index in [0.29, 0.717) is 11.0 Å². The molecule has 0 aliphatic rings. The maximum Gasteiger partial charge on any atom is 0.251 e. The van der Waals surface area contributed by atoms with Gasteiger partial charge in [-0.05, 0) is 23.8 Å². The molecule has 2 aromatic carbocycles. The van der Waals surface area contributed by atoms with Crippen LogP contribution in [0.1, 0.15) is 22.3 Å². The lowest BCUT2D eigenvalue weighted by Crippen LogP contribution is -2.30. The Bertz CT molecular complexity index is 672. The number of hydrogen-bond acceptors (Lipinski definition) is 2. The Morgan fingerprint density at radius 3 is 2.48 bits per heavy atom. The van der Waals surface area contributed by atoms with Crippen molar-refractivity contribution in [2.24, 2.45) is 0 Å². The maximum atomic E-state index is 13.2. The van der Waals surface area contributed by atoms with Crippen LogP contribution in [-0.2, 0) is 11.3 Å². The first kappa shape index (κ1) is 17.1. The summed E-state index contributed by atoms with van der Waals surface area (Å²) in [5, 5.41) is 5.37. The van der Waals surface area contributed by atoms with Crippen LogP contribution >= 0.6 is 15.9 Å². The van der Waals surface area contributed by atoms with Crippen LogP contribution in [0, 0.1) is 5.82 Å². The average molecular weight is 379 g/mol. The first-order chi connectivity index (χ1) is 11.0. The summed E-state index contributed by atoms with van der Waals surface area (Å²) < 4.78 is 13.7. The fourth-order valence-electron chi connectivity index (χ4n) is 1.96. The molecule has 0 saturated heterocycles. The fraction of sp³-hybridized carbons (Fsp3) is 0.176. The summed E-state index contributed by atoms with van der Waals surface area (Å²) in [6.07, 6.45) is 0.162. The SMILES string of the molecule is O=C(CCNC(=O)c1cc(F)cc(Br)c1)NCc1ccccc1. The van der Waals surface area contributed by atoms with Crippen LogP contribution in [0.25, 0.3) is 0 Å². The predicted molar refractivity (Wildman–Crippen MR) is 89.3 cm³/mol. The molecule has 6 heteroatoms. The van der Waals surface area contributed by atoms with Crippen LogP contribution in [0.4, 0.5) is 4.39 Å². The number of nitrogens with one attached hydrogen (secondary N) is 2. The van der Waals surface area contributed by atoms with Crippen LogP contribution in [0.5, 0.6) is 0 Å². The van der Waals surface area contributed by atoms with Crippen molar-refractivity contribution in [1.29, 1.82) is 0 Å². The molecule has 0 bridgehead atoms. The van der Waals surface area contributed by atoms with Crippen LogP contribution in [0.3, 0.4) is 0 Å². The largest absolute Gasteiger partial charge is 0.352 e. The average Bonchev–Trinajstić information content (AvgIpc) is 2.53. The van der Waals surface area contributed by atoms with Gasteiger partial charge in [-0.3, -0.25) is 9.59 Å². The van der Waals surface area contributed by atoms with Gasteiger partial charge in [0.25, 0.3) is 5.91 Å². The molecule has 0 unspecified atom stereocenters. The zero-order valence-corrected chi connectivity index (χ0v) is 13.9. The lowest BCUT2D eigenvalue weighted by Gasteiger charge is -2.07. The van der Waals surface area contributed by atoms with Crippen molar-refractivity contribution in [3.8, 4) is 0 Å². The zero-order valence-electron chi connectivity index (χ0n) is 12.3. The highest BCUT2D eigenvalue weighted by Crippen LogP contribution is 2.14. The molecule has 2 rings (SSSR count). The molecule has 0 aliphatic heterocycles. The van der Waals surface area contributed by atoms with E-state index in [-0.39, 0.29) is 24.4 Å². The quantitative estimate of drug-likeness (QED) is 0.811. The minimum Gasteiger partial charge on any atom is -0.352 e. The van der Waals surface area contributed by atoms with E-state index in [0.717, 1.165) is 11.6 Å². The van der Waals surface area contributed by atoms with Gasteiger partial charge in [0, 0.05) is 29.5 Å². The minimum absolute atomic E-state index is 0.158. The molecule has 0 atom stereocenters. The second-order valence-corrected chi connectivity index (χ2v) is 5.84. The lowest BCUT2D eigenvalue weighted by atomic mass is 10.2. The molecular formula is C17H16BrFN2O2. The minimum atomic E-state index is -0.495. The van der Waals surface area contributed by atoms with Gasteiger partial charge in [0.05, 0.1) is 0 Å². The predicted octanol–water partition coefficient (Wildman–Crippen LogP) is 3.02. The van der Waals surface area contributed by atoms with Gasteiger partial charge in [-0.25, -0.2) is 4.39 Å². The number of amides is 2. The Kier molecular flexibility index (Phi) is 6.29. The molecular weight excluding hydrogens is 363 g/mol. The maximum absolute atomic E-state index is 13.2. The highest BCUT2D eigenvalue weighted by Gasteiger charge is 2.09. The first-order valence-electron chi connectivity index (χ1n) is 7.09. The van der Waals surface area contributed by atoms with Crippen molar-refractivity contribution in [1.82, 2.24) is 10.6 Å². The molecule has 0 aliphatic carbocycles. The highest BCUT2D eigenvalue weighted by atomic mass is 79.9. The molecule has 2 aromatic rings. The second kappa shape index (κ2) is 8.43. The van der Waals surface area contributed by atoms with Crippen molar-refractivity contribution in [2.75, 3.05) is 6.54 Å². The van der Waals surface area contributed by atoms with Gasteiger partial charge in [0.2, 0.25) is 5.91 Å². The summed E-state index contributed by atoms with van der Waals surface area (Å²) in [6, 6.07) is 13.5. The van der Waals surface area contributed by atoms with E-state index in [1.165, 1.54) is 12.1 Å². The number of halogens is 2. The highest BCUT2D eigenvalue weighted by molar-refractivity contribution is 9.10. The number of carbonyl (C=O) groups excluding carboxylic acids is 2. The zero-order chi connectivity index (χ0) is 16.7. The van der Waals surface area contributed by atoms with Crippen LogP contribution < -0.4 is 10.6 Å². The van der Waals surface area contributed by atoms with E-state index in [9.17, 15) is 14.0 Å². The summed E-state index contributed by atoms with van der Waals surface area (Å²) in [7, 11) is 0. The summed E-state index contributed by atoms with van der Waals surface area (Å²) in [5.74, 6) is -1.07. The smallest absolute Gasteiger partial charge is 0.251 e. The number of rotatable bonds is 6. The van der Waals surface area contributed by atoms with Gasteiger partial charge in [0.1, 0.15) is 5.82 Å². The fourth-order valence-corrected chi connectivity index (χ4v) is 2.43. The molecule has 0 fully saturated rings. The van der Waals surface area contributed by atoms with Crippen molar-refractivity contribution in [3.63, 3.8) is 0 Å². The number of hydrogen-bond donors (Lipinski definition) is 2. The molecule has 2 N–H and O–H groups in total. The van der Waals surface area contributed by atoms with Gasteiger partial charge in [0.15, 0.2) is 0 Å². The Balaban J connectivity index is 1.73. The van der Waals surface area contributed by atoms with Crippen LogP contribution in [-0.4, -0.2) is 18.4 Å². The molecule has 0 spiro atoms. The Labute approximate surface area is 142 Å². The molecule has 23 heavy (non-hydrogen) atoms.